The molecule has 1 amide bonds. The molecule has 1 fully saturated rings. The number of halogens is 1. The predicted molar refractivity (Wildman–Crippen MR) is 69.1 cm³/mol. The van der Waals surface area contributed by atoms with Gasteiger partial charge in [-0.25, -0.2) is 4.98 Å². The lowest BCUT2D eigenvalue weighted by atomic mass is 10.1. The molecule has 1 aliphatic rings. The highest BCUT2D eigenvalue weighted by Crippen LogP contribution is 2.29. The number of aromatic nitrogens is 1. The largest absolute Gasteiger partial charge is 0.298 e. The van der Waals surface area contributed by atoms with Crippen LogP contribution in [0.1, 0.15) is 16.8 Å². The molecule has 0 N–H and O–H groups in total. The van der Waals surface area contributed by atoms with Crippen LogP contribution in [0.5, 0.6) is 0 Å². The van der Waals surface area contributed by atoms with E-state index in [1.54, 1.807) is 0 Å². The summed E-state index contributed by atoms with van der Waals surface area (Å²) in [6.45, 7) is 0.613. The number of carbonyl (C=O) groups excluding carboxylic acids is 2. The molecule has 1 unspecified atom stereocenters. The van der Waals surface area contributed by atoms with Crippen LogP contribution < -0.4 is 4.90 Å². The highest BCUT2D eigenvalue weighted by molar-refractivity contribution is 6.33. The number of hydrogen-bond acceptors (Lipinski definition) is 4. The predicted octanol–water partition coefficient (Wildman–Crippen LogP) is 2.21. The van der Waals surface area contributed by atoms with E-state index in [1.807, 2.05) is 0 Å². The third kappa shape index (κ3) is 2.67. The first-order valence-electron chi connectivity index (χ1n) is 5.58. The highest BCUT2D eigenvalue weighted by Gasteiger charge is 2.32. The van der Waals surface area contributed by atoms with Crippen LogP contribution in [0.3, 0.4) is 0 Å². The zero-order chi connectivity index (χ0) is 13.8. The molecule has 1 aromatic heterocycles. The Kier molecular flexibility index (Phi) is 3.99. The van der Waals surface area contributed by atoms with E-state index in [9.17, 15) is 9.59 Å². The van der Waals surface area contributed by atoms with Crippen molar-refractivity contribution in [1.82, 2.24) is 4.98 Å². The molecule has 1 aromatic rings. The summed E-state index contributed by atoms with van der Waals surface area (Å²) in [6, 6.07) is 1.49. The number of pyridine rings is 1. The van der Waals surface area contributed by atoms with Gasteiger partial charge in [-0.1, -0.05) is 16.7 Å². The second-order valence-corrected chi connectivity index (χ2v) is 4.54. The van der Waals surface area contributed by atoms with E-state index in [2.05, 4.69) is 15.0 Å². The minimum absolute atomic E-state index is 0.0660. The van der Waals surface area contributed by atoms with Gasteiger partial charge in [-0.2, -0.15) is 0 Å². The lowest BCUT2D eigenvalue weighted by Gasteiger charge is -2.17. The summed E-state index contributed by atoms with van der Waals surface area (Å²) < 4.78 is 0. The second-order valence-electron chi connectivity index (χ2n) is 4.14. The van der Waals surface area contributed by atoms with Crippen LogP contribution in [0.25, 0.3) is 10.4 Å². The third-order valence-corrected chi connectivity index (χ3v) is 3.23. The van der Waals surface area contributed by atoms with Crippen LogP contribution in [0.2, 0.25) is 5.02 Å². The smallest absolute Gasteiger partial charge is 0.228 e. The lowest BCUT2D eigenvalue weighted by molar-refractivity contribution is -0.117. The molecule has 2 heterocycles. The van der Waals surface area contributed by atoms with Crippen LogP contribution in [0.4, 0.5) is 5.82 Å². The topological polar surface area (TPSA) is 99.0 Å². The monoisotopic (exact) mass is 279 g/mol. The summed E-state index contributed by atoms with van der Waals surface area (Å²) in [4.78, 5) is 31.1. The van der Waals surface area contributed by atoms with E-state index in [0.29, 0.717) is 12.8 Å². The van der Waals surface area contributed by atoms with Crippen molar-refractivity contribution in [2.24, 2.45) is 11.0 Å². The molecule has 0 aliphatic carbocycles. The molecule has 0 aromatic carbocycles. The van der Waals surface area contributed by atoms with E-state index in [4.69, 9.17) is 17.1 Å². The first-order valence-corrected chi connectivity index (χ1v) is 5.96. The van der Waals surface area contributed by atoms with Crippen molar-refractivity contribution < 1.29 is 9.59 Å². The summed E-state index contributed by atoms with van der Waals surface area (Å²) in [5, 5.41) is 3.72. The normalized spacial score (nSPS) is 18.3. The average Bonchev–Trinajstić information content (AvgIpc) is 2.77. The van der Waals surface area contributed by atoms with Crippen molar-refractivity contribution >= 4 is 29.6 Å². The SMILES string of the molecule is [N-]=[N+]=NCC1CC(=O)N(c2nccc(Cl)c2C=O)C1. The molecule has 19 heavy (non-hydrogen) atoms. The fourth-order valence-electron chi connectivity index (χ4n) is 2.02. The molecule has 0 bridgehead atoms. The maximum atomic E-state index is 11.9. The maximum absolute atomic E-state index is 11.9. The standard InChI is InChI=1S/C11H10ClN5O2/c12-9-1-2-14-11(8(9)6-18)17-5-7(3-10(17)19)4-15-16-13/h1-2,6-7H,3-5H2. The van der Waals surface area contributed by atoms with Gasteiger partial charge in [0.15, 0.2) is 6.29 Å². The molecule has 7 nitrogen and oxygen atoms in total. The molecule has 0 saturated carbocycles. The number of nitrogens with zero attached hydrogens (tertiary/aromatic N) is 5. The number of rotatable bonds is 4. The van der Waals surface area contributed by atoms with Crippen LogP contribution in [-0.2, 0) is 4.79 Å². The molecule has 8 heteroatoms. The number of amides is 1. The summed E-state index contributed by atoms with van der Waals surface area (Å²) in [7, 11) is 0. The van der Waals surface area contributed by atoms with Crippen molar-refractivity contribution in [3.8, 4) is 0 Å². The number of carbonyl (C=O) groups is 2. The van der Waals surface area contributed by atoms with E-state index in [0.717, 1.165) is 0 Å². The Morgan fingerprint density at radius 1 is 1.68 bits per heavy atom. The van der Waals surface area contributed by atoms with Gasteiger partial charge >= 0.3 is 0 Å². The summed E-state index contributed by atoms with van der Waals surface area (Å²) in [5.74, 6) is 0.0376. The van der Waals surface area contributed by atoms with Crippen molar-refractivity contribution in [3.63, 3.8) is 0 Å². The first kappa shape index (κ1) is 13.3. The van der Waals surface area contributed by atoms with Gasteiger partial charge in [0.05, 0.1) is 10.6 Å². The van der Waals surface area contributed by atoms with E-state index in [-0.39, 0.29) is 41.2 Å². The Labute approximate surface area is 113 Å². The van der Waals surface area contributed by atoms with Crippen LogP contribution >= 0.6 is 11.6 Å². The minimum Gasteiger partial charge on any atom is -0.298 e. The molecule has 98 valence electrons. The zero-order valence-corrected chi connectivity index (χ0v) is 10.6. The van der Waals surface area contributed by atoms with Gasteiger partial charge in [0, 0.05) is 30.6 Å². The third-order valence-electron chi connectivity index (χ3n) is 2.90. The van der Waals surface area contributed by atoms with Crippen LogP contribution in [-0.4, -0.2) is 30.3 Å². The van der Waals surface area contributed by atoms with Crippen molar-refractivity contribution in [3.05, 3.63) is 33.3 Å². The zero-order valence-electron chi connectivity index (χ0n) is 9.86. The summed E-state index contributed by atoms with van der Waals surface area (Å²) in [5.41, 5.74) is 8.47. The van der Waals surface area contributed by atoms with Crippen molar-refractivity contribution in [2.45, 2.75) is 6.42 Å². The Morgan fingerprint density at radius 3 is 3.16 bits per heavy atom. The van der Waals surface area contributed by atoms with Crippen molar-refractivity contribution in [1.29, 1.82) is 0 Å². The Bertz CT molecular complexity index is 570. The van der Waals surface area contributed by atoms with E-state index in [1.165, 1.54) is 17.2 Å². The molecular weight excluding hydrogens is 270 g/mol. The fraction of sp³-hybridized carbons (Fsp3) is 0.364. The highest BCUT2D eigenvalue weighted by atomic mass is 35.5. The first-order chi connectivity index (χ1) is 9.17. The van der Waals surface area contributed by atoms with Gasteiger partial charge in [0.1, 0.15) is 5.82 Å². The average molecular weight is 280 g/mol. The fourth-order valence-corrected chi connectivity index (χ4v) is 2.21. The lowest BCUT2D eigenvalue weighted by Crippen LogP contribution is -2.27. The molecule has 1 atom stereocenters. The molecule has 2 rings (SSSR count). The Morgan fingerprint density at radius 2 is 2.47 bits per heavy atom. The molecule has 0 radical (unpaired) electrons. The van der Waals surface area contributed by atoms with Gasteiger partial charge in [-0.05, 0) is 17.5 Å². The van der Waals surface area contributed by atoms with Gasteiger partial charge in [0.25, 0.3) is 0 Å². The van der Waals surface area contributed by atoms with Crippen LogP contribution in [0.15, 0.2) is 17.4 Å². The quantitative estimate of drug-likeness (QED) is 0.365. The van der Waals surface area contributed by atoms with Gasteiger partial charge < -0.3 is 0 Å². The Balaban J connectivity index is 2.28. The van der Waals surface area contributed by atoms with Gasteiger partial charge in [-0.15, -0.1) is 0 Å². The number of hydrogen-bond donors (Lipinski definition) is 0. The van der Waals surface area contributed by atoms with E-state index >= 15 is 0 Å². The van der Waals surface area contributed by atoms with Crippen LogP contribution in [0, 0.1) is 5.92 Å². The number of aldehydes is 1. The number of azide groups is 1. The maximum Gasteiger partial charge on any atom is 0.228 e. The molecule has 1 saturated heterocycles. The molecule has 0 spiro atoms. The summed E-state index contributed by atoms with van der Waals surface area (Å²) in [6.07, 6.45) is 2.29. The van der Waals surface area contributed by atoms with Gasteiger partial charge in [-0.3, -0.25) is 14.5 Å². The van der Waals surface area contributed by atoms with Crippen molar-refractivity contribution in [2.75, 3.05) is 18.0 Å². The summed E-state index contributed by atoms with van der Waals surface area (Å²) >= 11 is 5.90. The molecule has 1 aliphatic heterocycles. The molecular formula is C11H10ClN5O2. The van der Waals surface area contributed by atoms with Gasteiger partial charge in [0.2, 0.25) is 5.91 Å². The number of anilines is 1. The second kappa shape index (κ2) is 5.69. The van der Waals surface area contributed by atoms with E-state index < -0.39 is 0 Å². The minimum atomic E-state index is -0.156. The Hall–Kier alpha value is -2.11.